The number of hydrogen-bond donors (Lipinski definition) is 0. The van der Waals surface area contributed by atoms with Crippen molar-refractivity contribution in [1.29, 1.82) is 0 Å². The number of ether oxygens (including phenoxy) is 1. The van der Waals surface area contributed by atoms with Crippen LogP contribution in [0.3, 0.4) is 0 Å². The van der Waals surface area contributed by atoms with Crippen LogP contribution < -0.4 is 4.74 Å². The Kier molecular flexibility index (Phi) is 6.45. The Balaban J connectivity index is 1.45. The molecule has 174 valence electrons. The summed E-state index contributed by atoms with van der Waals surface area (Å²) in [5, 5.41) is 0. The Bertz CT molecular complexity index is 862. The zero-order chi connectivity index (χ0) is 22.9. The first-order valence-electron chi connectivity index (χ1n) is 11.8. The number of amides is 3. The van der Waals surface area contributed by atoms with Crippen LogP contribution in [0.1, 0.15) is 38.7 Å². The van der Waals surface area contributed by atoms with Gasteiger partial charge in [0.25, 0.3) is 0 Å². The summed E-state index contributed by atoms with van der Waals surface area (Å²) in [5.74, 6) is 1.06. The SMILES string of the molecule is COc1ccc(CCC(=O)N2C[C@@H]3CN(C(=O)C(C)C)C[C@]3(C(=O)N3CCCC3)C2)cc1. The van der Waals surface area contributed by atoms with Gasteiger partial charge in [0.1, 0.15) is 5.75 Å². The molecule has 3 amide bonds. The van der Waals surface area contributed by atoms with E-state index >= 15 is 0 Å². The topological polar surface area (TPSA) is 70.2 Å². The van der Waals surface area contributed by atoms with E-state index < -0.39 is 5.41 Å². The van der Waals surface area contributed by atoms with Gasteiger partial charge < -0.3 is 19.4 Å². The summed E-state index contributed by atoms with van der Waals surface area (Å²) in [4.78, 5) is 45.1. The van der Waals surface area contributed by atoms with Crippen molar-refractivity contribution in [1.82, 2.24) is 14.7 Å². The quantitative estimate of drug-likeness (QED) is 0.679. The molecule has 0 spiro atoms. The first-order chi connectivity index (χ1) is 15.3. The molecule has 0 aliphatic carbocycles. The molecule has 0 N–H and O–H groups in total. The van der Waals surface area contributed by atoms with Crippen LogP contribution in [0, 0.1) is 17.3 Å². The molecular weight excluding hydrogens is 406 g/mol. The second kappa shape index (κ2) is 9.12. The molecule has 7 nitrogen and oxygen atoms in total. The lowest BCUT2D eigenvalue weighted by atomic mass is 9.79. The molecule has 3 aliphatic rings. The van der Waals surface area contributed by atoms with Crippen LogP contribution in [0.5, 0.6) is 5.75 Å². The van der Waals surface area contributed by atoms with Crippen molar-refractivity contribution in [3.8, 4) is 5.75 Å². The van der Waals surface area contributed by atoms with Crippen molar-refractivity contribution in [3.63, 3.8) is 0 Å². The number of aryl methyl sites for hydroxylation is 1. The highest BCUT2D eigenvalue weighted by atomic mass is 16.5. The number of nitrogens with zero attached hydrogens (tertiary/aromatic N) is 3. The monoisotopic (exact) mass is 441 g/mol. The van der Waals surface area contributed by atoms with Gasteiger partial charge in [-0.15, -0.1) is 0 Å². The molecule has 1 aromatic rings. The van der Waals surface area contributed by atoms with Crippen LogP contribution in [0.2, 0.25) is 0 Å². The van der Waals surface area contributed by atoms with E-state index in [1.54, 1.807) is 7.11 Å². The highest BCUT2D eigenvalue weighted by Gasteiger charge is 2.60. The molecule has 0 radical (unpaired) electrons. The second-order valence-corrected chi connectivity index (χ2v) is 9.85. The normalized spacial score (nSPS) is 24.9. The number of methoxy groups -OCH3 is 1. The molecule has 2 atom stereocenters. The van der Waals surface area contributed by atoms with Crippen molar-refractivity contribution in [2.75, 3.05) is 46.4 Å². The summed E-state index contributed by atoms with van der Waals surface area (Å²) in [6.07, 6.45) is 3.15. The molecule has 1 aromatic carbocycles. The minimum atomic E-state index is -0.648. The van der Waals surface area contributed by atoms with E-state index in [0.29, 0.717) is 39.0 Å². The summed E-state index contributed by atoms with van der Waals surface area (Å²) >= 11 is 0. The molecule has 0 aromatic heterocycles. The van der Waals surface area contributed by atoms with Gasteiger partial charge in [-0.05, 0) is 37.0 Å². The Morgan fingerprint density at radius 3 is 2.25 bits per heavy atom. The number of carbonyl (C=O) groups excluding carboxylic acids is 3. The van der Waals surface area contributed by atoms with Gasteiger partial charge in [-0.3, -0.25) is 14.4 Å². The van der Waals surface area contributed by atoms with E-state index in [1.807, 2.05) is 52.8 Å². The third kappa shape index (κ3) is 4.21. The van der Waals surface area contributed by atoms with Gasteiger partial charge in [0, 0.05) is 57.5 Å². The van der Waals surface area contributed by atoms with Crippen molar-refractivity contribution < 1.29 is 19.1 Å². The van der Waals surface area contributed by atoms with Crippen LogP contribution in [-0.4, -0.2) is 78.8 Å². The van der Waals surface area contributed by atoms with Gasteiger partial charge in [0.2, 0.25) is 17.7 Å². The van der Waals surface area contributed by atoms with Gasteiger partial charge in [-0.25, -0.2) is 0 Å². The number of benzene rings is 1. The van der Waals surface area contributed by atoms with Crippen LogP contribution in [-0.2, 0) is 20.8 Å². The maximum Gasteiger partial charge on any atom is 0.232 e. The predicted molar refractivity (Wildman–Crippen MR) is 121 cm³/mol. The lowest BCUT2D eigenvalue weighted by molar-refractivity contribution is -0.142. The van der Waals surface area contributed by atoms with Crippen LogP contribution in [0.25, 0.3) is 0 Å². The minimum Gasteiger partial charge on any atom is -0.497 e. The van der Waals surface area contributed by atoms with Crippen molar-refractivity contribution in [3.05, 3.63) is 29.8 Å². The van der Waals surface area contributed by atoms with E-state index in [1.165, 1.54) is 0 Å². The van der Waals surface area contributed by atoms with Crippen LogP contribution in [0.15, 0.2) is 24.3 Å². The van der Waals surface area contributed by atoms with E-state index in [9.17, 15) is 14.4 Å². The average molecular weight is 442 g/mol. The average Bonchev–Trinajstić information content (AvgIpc) is 3.52. The van der Waals surface area contributed by atoms with E-state index in [2.05, 4.69) is 0 Å². The molecule has 3 saturated heterocycles. The zero-order valence-corrected chi connectivity index (χ0v) is 19.5. The molecule has 3 aliphatic heterocycles. The first-order valence-corrected chi connectivity index (χ1v) is 11.8. The zero-order valence-electron chi connectivity index (χ0n) is 19.5. The maximum absolute atomic E-state index is 13.6. The fourth-order valence-electron chi connectivity index (χ4n) is 5.53. The molecule has 0 saturated carbocycles. The van der Waals surface area contributed by atoms with Gasteiger partial charge in [0.15, 0.2) is 0 Å². The van der Waals surface area contributed by atoms with Gasteiger partial charge in [-0.2, -0.15) is 0 Å². The smallest absolute Gasteiger partial charge is 0.232 e. The van der Waals surface area contributed by atoms with Crippen LogP contribution in [0.4, 0.5) is 0 Å². The lowest BCUT2D eigenvalue weighted by Gasteiger charge is -2.32. The second-order valence-electron chi connectivity index (χ2n) is 9.85. The maximum atomic E-state index is 13.6. The van der Waals surface area contributed by atoms with E-state index in [4.69, 9.17) is 4.74 Å². The molecule has 4 rings (SSSR count). The summed E-state index contributed by atoms with van der Waals surface area (Å²) in [6.45, 7) is 7.37. The Labute approximate surface area is 190 Å². The minimum absolute atomic E-state index is 0.0169. The fourth-order valence-corrected chi connectivity index (χ4v) is 5.53. The van der Waals surface area contributed by atoms with Gasteiger partial charge in [-0.1, -0.05) is 26.0 Å². The summed E-state index contributed by atoms with van der Waals surface area (Å²) in [6, 6.07) is 7.78. The highest BCUT2D eigenvalue weighted by molar-refractivity contribution is 5.88. The van der Waals surface area contributed by atoms with Gasteiger partial charge >= 0.3 is 0 Å². The summed E-state index contributed by atoms with van der Waals surface area (Å²) in [5.41, 5.74) is 0.445. The fraction of sp³-hybridized carbons (Fsp3) is 0.640. The Morgan fingerprint density at radius 1 is 1.00 bits per heavy atom. The number of likely N-dealkylation sites (tertiary alicyclic amines) is 3. The molecule has 3 fully saturated rings. The van der Waals surface area contributed by atoms with Crippen molar-refractivity contribution in [2.24, 2.45) is 17.3 Å². The third-order valence-electron chi connectivity index (χ3n) is 7.37. The first kappa shape index (κ1) is 22.6. The molecule has 32 heavy (non-hydrogen) atoms. The number of hydrogen-bond acceptors (Lipinski definition) is 4. The lowest BCUT2D eigenvalue weighted by Crippen LogP contribution is -2.49. The van der Waals surface area contributed by atoms with Crippen molar-refractivity contribution >= 4 is 17.7 Å². The summed E-state index contributed by atoms with van der Waals surface area (Å²) in [7, 11) is 1.64. The number of rotatable bonds is 6. The molecular formula is C25H35N3O4. The van der Waals surface area contributed by atoms with E-state index in [-0.39, 0.29) is 29.6 Å². The molecule has 7 heteroatoms. The molecule has 3 heterocycles. The van der Waals surface area contributed by atoms with E-state index in [0.717, 1.165) is 37.2 Å². The number of fused-ring (bicyclic) bond motifs is 1. The summed E-state index contributed by atoms with van der Waals surface area (Å²) < 4.78 is 5.20. The molecule has 0 bridgehead atoms. The van der Waals surface area contributed by atoms with Crippen LogP contribution >= 0.6 is 0 Å². The molecule has 0 unspecified atom stereocenters. The standard InChI is InChI=1S/C25H35N3O4/c1-18(2)23(30)28-15-20-14-27(16-25(20,17-28)24(31)26-12-4-5-13-26)22(29)11-8-19-6-9-21(32-3)10-7-19/h6-7,9-10,18,20H,4-5,8,11-17H2,1-3H3/t20-,25-/m1/s1. The highest BCUT2D eigenvalue weighted by Crippen LogP contribution is 2.45. The third-order valence-corrected chi connectivity index (χ3v) is 7.37. The number of carbonyl (C=O) groups is 3. The Hall–Kier alpha value is -2.57. The van der Waals surface area contributed by atoms with Crippen molar-refractivity contribution in [2.45, 2.75) is 39.5 Å². The predicted octanol–water partition coefficient (Wildman–Crippen LogP) is 2.19. The largest absolute Gasteiger partial charge is 0.497 e. The van der Waals surface area contributed by atoms with Gasteiger partial charge in [0.05, 0.1) is 12.5 Å². The Morgan fingerprint density at radius 2 is 1.62 bits per heavy atom.